The molecule has 134 valence electrons. The van der Waals surface area contributed by atoms with E-state index in [4.69, 9.17) is 4.74 Å². The molecule has 0 saturated carbocycles. The summed E-state index contributed by atoms with van der Waals surface area (Å²) in [7, 11) is 0. The molecule has 4 aromatic rings. The van der Waals surface area contributed by atoms with Crippen molar-refractivity contribution in [1.82, 2.24) is 14.5 Å². The first-order valence-electron chi connectivity index (χ1n) is 8.27. The lowest BCUT2D eigenvalue weighted by Crippen LogP contribution is -2.18. The Labute approximate surface area is 154 Å². The van der Waals surface area contributed by atoms with Crippen molar-refractivity contribution in [2.24, 2.45) is 0 Å². The first kappa shape index (κ1) is 16.7. The van der Waals surface area contributed by atoms with E-state index < -0.39 is 5.82 Å². The molecule has 2 heterocycles. The Hall–Kier alpha value is -3.74. The van der Waals surface area contributed by atoms with Gasteiger partial charge in [0.1, 0.15) is 6.54 Å². The standard InChI is InChI=1S/C20H15FN4O2/c21-16-6-2-4-8-18(16)27-20-22-11-15(12-23-20)24-19(26)13-25-10-9-14-5-1-3-7-17(14)25/h1-12H,13H2,(H,24,26). The summed E-state index contributed by atoms with van der Waals surface area (Å²) < 4.78 is 20.7. The largest absolute Gasteiger partial charge is 0.421 e. The minimum absolute atomic E-state index is 0.00509. The highest BCUT2D eigenvalue weighted by atomic mass is 19.1. The van der Waals surface area contributed by atoms with E-state index in [1.54, 1.807) is 12.1 Å². The molecule has 0 unspecified atom stereocenters. The molecular weight excluding hydrogens is 347 g/mol. The Morgan fingerprint density at radius 2 is 1.78 bits per heavy atom. The van der Waals surface area contributed by atoms with Gasteiger partial charge in [-0.2, -0.15) is 0 Å². The number of rotatable bonds is 5. The Morgan fingerprint density at radius 3 is 2.59 bits per heavy atom. The van der Waals surface area contributed by atoms with Crippen molar-refractivity contribution in [1.29, 1.82) is 0 Å². The Morgan fingerprint density at radius 1 is 1.04 bits per heavy atom. The monoisotopic (exact) mass is 362 g/mol. The van der Waals surface area contributed by atoms with E-state index >= 15 is 0 Å². The van der Waals surface area contributed by atoms with Crippen molar-refractivity contribution in [3.8, 4) is 11.8 Å². The summed E-state index contributed by atoms with van der Waals surface area (Å²) in [5, 5.41) is 3.81. The van der Waals surface area contributed by atoms with Crippen molar-refractivity contribution in [3.05, 3.63) is 79.0 Å². The summed E-state index contributed by atoms with van der Waals surface area (Å²) in [4.78, 5) is 20.3. The third-order valence-corrected chi connectivity index (χ3v) is 3.94. The van der Waals surface area contributed by atoms with Gasteiger partial charge in [0.2, 0.25) is 5.91 Å². The molecule has 6 nitrogen and oxygen atoms in total. The van der Waals surface area contributed by atoms with Gasteiger partial charge in [-0.3, -0.25) is 4.79 Å². The molecule has 0 radical (unpaired) electrons. The second kappa shape index (κ2) is 7.25. The van der Waals surface area contributed by atoms with E-state index in [9.17, 15) is 9.18 Å². The number of ether oxygens (including phenoxy) is 1. The maximum absolute atomic E-state index is 13.6. The molecule has 4 rings (SSSR count). The molecule has 7 heteroatoms. The number of halogens is 1. The second-order valence-electron chi connectivity index (χ2n) is 5.84. The first-order valence-corrected chi connectivity index (χ1v) is 8.27. The van der Waals surface area contributed by atoms with E-state index in [-0.39, 0.29) is 24.2 Å². The number of nitrogens with one attached hydrogen (secondary N) is 1. The third-order valence-electron chi connectivity index (χ3n) is 3.94. The number of carbonyl (C=O) groups is 1. The molecule has 0 fully saturated rings. The number of nitrogens with zero attached hydrogens (tertiary/aromatic N) is 3. The normalized spacial score (nSPS) is 10.7. The van der Waals surface area contributed by atoms with Gasteiger partial charge in [-0.15, -0.1) is 0 Å². The van der Waals surface area contributed by atoms with Crippen LogP contribution in [-0.4, -0.2) is 20.4 Å². The van der Waals surface area contributed by atoms with Gasteiger partial charge in [-0.05, 0) is 29.7 Å². The van der Waals surface area contributed by atoms with Crippen molar-refractivity contribution in [2.45, 2.75) is 6.54 Å². The molecule has 0 aliphatic heterocycles. The van der Waals surface area contributed by atoms with Crippen LogP contribution >= 0.6 is 0 Å². The number of carbonyl (C=O) groups excluding carboxylic acids is 1. The van der Waals surface area contributed by atoms with Crippen molar-refractivity contribution in [3.63, 3.8) is 0 Å². The van der Waals surface area contributed by atoms with Crippen LogP contribution in [0.1, 0.15) is 0 Å². The molecular formula is C20H15FN4O2. The number of amides is 1. The van der Waals surface area contributed by atoms with E-state index in [0.29, 0.717) is 5.69 Å². The predicted octanol–water partition coefficient (Wildman–Crippen LogP) is 4.00. The first-order chi connectivity index (χ1) is 13.2. The second-order valence-corrected chi connectivity index (χ2v) is 5.84. The number of para-hydroxylation sites is 2. The fraction of sp³-hybridized carbons (Fsp3) is 0.0500. The molecule has 0 aliphatic rings. The molecule has 2 aromatic carbocycles. The highest BCUT2D eigenvalue weighted by molar-refractivity contribution is 5.91. The number of benzene rings is 2. The van der Waals surface area contributed by atoms with Crippen molar-refractivity contribution in [2.75, 3.05) is 5.32 Å². The van der Waals surface area contributed by atoms with E-state index in [1.807, 2.05) is 41.1 Å². The van der Waals surface area contributed by atoms with Crippen LogP contribution in [0.15, 0.2) is 73.2 Å². The summed E-state index contributed by atoms with van der Waals surface area (Å²) >= 11 is 0. The zero-order valence-electron chi connectivity index (χ0n) is 14.2. The van der Waals surface area contributed by atoms with Crippen molar-refractivity contribution >= 4 is 22.5 Å². The number of fused-ring (bicyclic) bond motifs is 1. The highest BCUT2D eigenvalue weighted by Gasteiger charge is 2.09. The lowest BCUT2D eigenvalue weighted by Gasteiger charge is -2.08. The maximum atomic E-state index is 13.6. The summed E-state index contributed by atoms with van der Waals surface area (Å²) in [6.07, 6.45) is 4.69. The average Bonchev–Trinajstić information content (AvgIpc) is 3.08. The average molecular weight is 362 g/mol. The van der Waals surface area contributed by atoms with Gasteiger partial charge >= 0.3 is 6.01 Å². The minimum atomic E-state index is -0.502. The van der Waals surface area contributed by atoms with Crippen LogP contribution in [0.3, 0.4) is 0 Å². The fourth-order valence-corrected chi connectivity index (χ4v) is 2.69. The lowest BCUT2D eigenvalue weighted by molar-refractivity contribution is -0.116. The van der Waals surface area contributed by atoms with E-state index in [0.717, 1.165) is 10.9 Å². The molecule has 27 heavy (non-hydrogen) atoms. The van der Waals surface area contributed by atoms with E-state index in [2.05, 4.69) is 15.3 Å². The Bertz CT molecular complexity index is 1090. The van der Waals surface area contributed by atoms with Crippen LogP contribution in [0.2, 0.25) is 0 Å². The molecule has 0 atom stereocenters. The predicted molar refractivity (Wildman–Crippen MR) is 99.1 cm³/mol. The summed E-state index contributed by atoms with van der Waals surface area (Å²) in [5.41, 5.74) is 1.41. The van der Waals surface area contributed by atoms with Gasteiger partial charge in [0, 0.05) is 11.7 Å². The van der Waals surface area contributed by atoms with Crippen LogP contribution in [0.25, 0.3) is 10.9 Å². The Kier molecular flexibility index (Phi) is 4.49. The van der Waals surface area contributed by atoms with Gasteiger partial charge in [0.15, 0.2) is 11.6 Å². The summed E-state index contributed by atoms with van der Waals surface area (Å²) in [6.45, 7) is 0.168. The molecule has 0 saturated heterocycles. The molecule has 0 bridgehead atoms. The zero-order valence-corrected chi connectivity index (χ0v) is 14.2. The van der Waals surface area contributed by atoms with Gasteiger partial charge in [-0.1, -0.05) is 30.3 Å². The van der Waals surface area contributed by atoms with Gasteiger partial charge in [0.05, 0.1) is 18.1 Å². The maximum Gasteiger partial charge on any atom is 0.322 e. The van der Waals surface area contributed by atoms with Crippen LogP contribution in [0.5, 0.6) is 11.8 Å². The number of hydrogen-bond acceptors (Lipinski definition) is 4. The molecule has 0 spiro atoms. The van der Waals surface area contributed by atoms with E-state index in [1.165, 1.54) is 24.5 Å². The summed E-state index contributed by atoms with van der Waals surface area (Å²) in [5.74, 6) is -0.672. The smallest absolute Gasteiger partial charge is 0.322 e. The van der Waals surface area contributed by atoms with Gasteiger partial charge < -0.3 is 14.6 Å². The van der Waals surface area contributed by atoms with Crippen LogP contribution in [0.4, 0.5) is 10.1 Å². The topological polar surface area (TPSA) is 69.0 Å². The summed E-state index contributed by atoms with van der Waals surface area (Å²) in [6, 6.07) is 15.8. The number of anilines is 1. The van der Waals surface area contributed by atoms with Crippen LogP contribution in [0, 0.1) is 5.82 Å². The molecule has 1 N–H and O–H groups in total. The molecule has 2 aromatic heterocycles. The van der Waals surface area contributed by atoms with Crippen LogP contribution in [-0.2, 0) is 11.3 Å². The van der Waals surface area contributed by atoms with Gasteiger partial charge in [0.25, 0.3) is 0 Å². The molecule has 0 aliphatic carbocycles. The number of hydrogen-bond donors (Lipinski definition) is 1. The number of aromatic nitrogens is 3. The Balaban J connectivity index is 1.41. The highest BCUT2D eigenvalue weighted by Crippen LogP contribution is 2.21. The SMILES string of the molecule is O=C(Cn1ccc2ccccc21)Nc1cnc(Oc2ccccc2F)nc1. The van der Waals surface area contributed by atoms with Gasteiger partial charge in [-0.25, -0.2) is 14.4 Å². The minimum Gasteiger partial charge on any atom is -0.421 e. The van der Waals surface area contributed by atoms with Crippen molar-refractivity contribution < 1.29 is 13.9 Å². The zero-order chi connectivity index (χ0) is 18.6. The lowest BCUT2D eigenvalue weighted by atomic mass is 10.2. The fourth-order valence-electron chi connectivity index (χ4n) is 2.69. The quantitative estimate of drug-likeness (QED) is 0.583. The third kappa shape index (κ3) is 3.77. The molecule has 1 amide bonds. The van der Waals surface area contributed by atoms with Crippen LogP contribution < -0.4 is 10.1 Å².